The van der Waals surface area contributed by atoms with Gasteiger partial charge in [-0.05, 0) is 32.6 Å². The van der Waals surface area contributed by atoms with Crippen LogP contribution in [0.25, 0.3) is 0 Å². The fourth-order valence-corrected chi connectivity index (χ4v) is 3.75. The van der Waals surface area contributed by atoms with E-state index in [-0.39, 0.29) is 11.9 Å². The van der Waals surface area contributed by atoms with Crippen LogP contribution in [0.3, 0.4) is 0 Å². The van der Waals surface area contributed by atoms with Crippen molar-refractivity contribution in [1.29, 1.82) is 0 Å². The zero-order chi connectivity index (χ0) is 13.1. The largest absolute Gasteiger partial charge is 0.348 e. The third kappa shape index (κ3) is 3.04. The number of nitrogens with zero attached hydrogens (tertiary/aromatic N) is 1. The molecule has 0 radical (unpaired) electrons. The molecule has 2 rings (SSSR count). The zero-order valence-electron chi connectivity index (χ0n) is 10.8. The van der Waals surface area contributed by atoms with Gasteiger partial charge in [-0.3, -0.25) is 4.79 Å². The summed E-state index contributed by atoms with van der Waals surface area (Å²) in [6.45, 7) is 3.81. The molecule has 1 aliphatic rings. The van der Waals surface area contributed by atoms with Crippen LogP contribution in [-0.2, 0) is 0 Å². The summed E-state index contributed by atoms with van der Waals surface area (Å²) in [6, 6.07) is 0.227. The number of thiazole rings is 1. The van der Waals surface area contributed by atoms with Crippen LogP contribution in [0.4, 0.5) is 0 Å². The smallest absolute Gasteiger partial charge is 0.263 e. The lowest BCUT2D eigenvalue weighted by Crippen LogP contribution is -2.42. The van der Waals surface area contributed by atoms with Gasteiger partial charge in [0.15, 0.2) is 0 Å². The minimum absolute atomic E-state index is 0.0140. The van der Waals surface area contributed by atoms with Crippen LogP contribution in [0, 0.1) is 19.8 Å². The van der Waals surface area contributed by atoms with Crippen molar-refractivity contribution in [2.75, 3.05) is 5.88 Å². The number of amides is 1. The molecule has 100 valence electrons. The maximum atomic E-state index is 12.2. The topological polar surface area (TPSA) is 42.0 Å². The van der Waals surface area contributed by atoms with Crippen LogP contribution in [0.1, 0.15) is 46.1 Å². The number of carbonyl (C=O) groups excluding carboxylic acids is 1. The van der Waals surface area contributed by atoms with E-state index >= 15 is 0 Å². The van der Waals surface area contributed by atoms with Crippen molar-refractivity contribution in [3.63, 3.8) is 0 Å². The van der Waals surface area contributed by atoms with E-state index in [4.69, 9.17) is 11.6 Å². The minimum Gasteiger partial charge on any atom is -0.348 e. The van der Waals surface area contributed by atoms with Crippen LogP contribution >= 0.6 is 22.9 Å². The molecule has 0 spiro atoms. The Bertz CT molecular complexity index is 433. The highest BCUT2D eigenvalue weighted by molar-refractivity contribution is 7.13. The molecular weight excluding hydrogens is 268 g/mol. The molecule has 1 aliphatic carbocycles. The van der Waals surface area contributed by atoms with Crippen molar-refractivity contribution in [2.24, 2.45) is 5.92 Å². The van der Waals surface area contributed by atoms with E-state index < -0.39 is 0 Å². The maximum absolute atomic E-state index is 12.2. The molecular formula is C13H19ClN2OS. The second-order valence-corrected chi connectivity index (χ2v) is 6.44. The van der Waals surface area contributed by atoms with Gasteiger partial charge < -0.3 is 5.32 Å². The lowest BCUT2D eigenvalue weighted by atomic mass is 9.86. The molecule has 1 aromatic heterocycles. The van der Waals surface area contributed by atoms with Gasteiger partial charge in [0.1, 0.15) is 4.88 Å². The molecule has 1 saturated carbocycles. The summed E-state index contributed by atoms with van der Waals surface area (Å²) in [5, 5.41) is 4.08. The van der Waals surface area contributed by atoms with E-state index in [1.54, 1.807) is 0 Å². The Morgan fingerprint density at radius 2 is 2.17 bits per heavy atom. The van der Waals surface area contributed by atoms with Gasteiger partial charge in [0.2, 0.25) is 0 Å². The number of hydrogen-bond donors (Lipinski definition) is 1. The van der Waals surface area contributed by atoms with Gasteiger partial charge in [0, 0.05) is 11.9 Å². The number of alkyl halides is 1. The van der Waals surface area contributed by atoms with Crippen LogP contribution in [0.5, 0.6) is 0 Å². The van der Waals surface area contributed by atoms with Gasteiger partial charge in [-0.15, -0.1) is 22.9 Å². The van der Waals surface area contributed by atoms with Crippen LogP contribution in [0.2, 0.25) is 0 Å². The number of aryl methyl sites for hydroxylation is 2. The summed E-state index contributed by atoms with van der Waals surface area (Å²) in [5.74, 6) is 1.06. The predicted molar refractivity (Wildman–Crippen MR) is 75.5 cm³/mol. The molecule has 1 amide bonds. The summed E-state index contributed by atoms with van der Waals surface area (Å²) in [7, 11) is 0. The Balaban J connectivity index is 2.04. The number of aromatic nitrogens is 1. The molecule has 1 heterocycles. The Morgan fingerprint density at radius 3 is 2.78 bits per heavy atom. The van der Waals surface area contributed by atoms with E-state index in [1.807, 2.05) is 13.8 Å². The van der Waals surface area contributed by atoms with Crippen LogP contribution in [-0.4, -0.2) is 22.8 Å². The van der Waals surface area contributed by atoms with Crippen molar-refractivity contribution in [3.05, 3.63) is 15.6 Å². The molecule has 1 aromatic rings. The normalized spacial score (nSPS) is 23.9. The Labute approximate surface area is 117 Å². The third-order valence-electron chi connectivity index (χ3n) is 3.53. The van der Waals surface area contributed by atoms with Crippen molar-refractivity contribution in [1.82, 2.24) is 10.3 Å². The monoisotopic (exact) mass is 286 g/mol. The average molecular weight is 287 g/mol. The van der Waals surface area contributed by atoms with E-state index in [0.29, 0.717) is 11.8 Å². The van der Waals surface area contributed by atoms with E-state index in [2.05, 4.69) is 10.3 Å². The first kappa shape index (κ1) is 13.8. The Kier molecular flexibility index (Phi) is 4.62. The molecule has 2 unspecified atom stereocenters. The molecule has 2 atom stereocenters. The summed E-state index contributed by atoms with van der Waals surface area (Å²) < 4.78 is 0. The number of halogens is 1. The number of carbonyl (C=O) groups is 1. The fourth-order valence-electron chi connectivity index (χ4n) is 2.56. The molecule has 0 aliphatic heterocycles. The Morgan fingerprint density at radius 1 is 1.44 bits per heavy atom. The van der Waals surface area contributed by atoms with Gasteiger partial charge in [0.25, 0.3) is 5.91 Å². The fraction of sp³-hybridized carbons (Fsp3) is 0.692. The number of hydrogen-bond acceptors (Lipinski definition) is 3. The summed E-state index contributed by atoms with van der Waals surface area (Å²) >= 11 is 7.44. The predicted octanol–water partition coefficient (Wildman–Crippen LogP) is 3.29. The molecule has 0 saturated heterocycles. The third-order valence-corrected chi connectivity index (χ3v) is 5.00. The highest BCUT2D eigenvalue weighted by Gasteiger charge is 2.27. The standard InChI is InChI=1S/C13H19ClN2OS/c1-8-12(18-9(2)15-8)13(17)16-11-6-4-3-5-10(11)7-14/h10-11H,3-7H2,1-2H3,(H,16,17). The first-order chi connectivity index (χ1) is 8.61. The van der Waals surface area contributed by atoms with E-state index in [9.17, 15) is 4.79 Å². The maximum Gasteiger partial charge on any atom is 0.263 e. The first-order valence-electron chi connectivity index (χ1n) is 6.42. The van der Waals surface area contributed by atoms with Gasteiger partial charge >= 0.3 is 0 Å². The summed E-state index contributed by atoms with van der Waals surface area (Å²) in [4.78, 5) is 17.3. The lowest BCUT2D eigenvalue weighted by molar-refractivity contribution is 0.0914. The second kappa shape index (κ2) is 6.02. The van der Waals surface area contributed by atoms with E-state index in [1.165, 1.54) is 24.2 Å². The van der Waals surface area contributed by atoms with Gasteiger partial charge in [-0.1, -0.05) is 12.8 Å². The molecule has 18 heavy (non-hydrogen) atoms. The van der Waals surface area contributed by atoms with Crippen molar-refractivity contribution in [2.45, 2.75) is 45.6 Å². The number of rotatable bonds is 3. The summed E-state index contributed by atoms with van der Waals surface area (Å²) in [5.41, 5.74) is 0.827. The average Bonchev–Trinajstić information content (AvgIpc) is 2.69. The molecule has 0 bridgehead atoms. The zero-order valence-corrected chi connectivity index (χ0v) is 12.4. The SMILES string of the molecule is Cc1nc(C)c(C(=O)NC2CCCCC2CCl)s1. The van der Waals surface area contributed by atoms with Crippen molar-refractivity contribution in [3.8, 4) is 0 Å². The Hall–Kier alpha value is -0.610. The highest BCUT2D eigenvalue weighted by Crippen LogP contribution is 2.26. The second-order valence-electron chi connectivity index (χ2n) is 4.93. The molecule has 3 nitrogen and oxygen atoms in total. The van der Waals surface area contributed by atoms with Crippen molar-refractivity contribution >= 4 is 28.8 Å². The van der Waals surface area contributed by atoms with Gasteiger partial charge in [-0.2, -0.15) is 0 Å². The van der Waals surface area contributed by atoms with Crippen molar-refractivity contribution < 1.29 is 4.79 Å². The highest BCUT2D eigenvalue weighted by atomic mass is 35.5. The number of nitrogens with one attached hydrogen (secondary N) is 1. The lowest BCUT2D eigenvalue weighted by Gasteiger charge is -2.30. The van der Waals surface area contributed by atoms with Gasteiger partial charge in [-0.25, -0.2) is 4.98 Å². The van der Waals surface area contributed by atoms with Gasteiger partial charge in [0.05, 0.1) is 10.7 Å². The molecule has 5 heteroatoms. The van der Waals surface area contributed by atoms with E-state index in [0.717, 1.165) is 28.4 Å². The molecule has 0 aromatic carbocycles. The minimum atomic E-state index is 0.0140. The quantitative estimate of drug-likeness (QED) is 0.867. The molecule has 1 fully saturated rings. The summed E-state index contributed by atoms with van der Waals surface area (Å²) in [6.07, 6.45) is 4.57. The van der Waals surface area contributed by atoms with Crippen LogP contribution < -0.4 is 5.32 Å². The first-order valence-corrected chi connectivity index (χ1v) is 7.77. The van der Waals surface area contributed by atoms with Crippen LogP contribution in [0.15, 0.2) is 0 Å². The molecule has 1 N–H and O–H groups in total.